The summed E-state index contributed by atoms with van der Waals surface area (Å²) in [6.07, 6.45) is 0. The Morgan fingerprint density at radius 2 is 1.44 bits per heavy atom. The molecule has 0 aliphatic carbocycles. The number of hydrogen-bond acceptors (Lipinski definition) is 7. The first kappa shape index (κ1) is 16.9. The standard InChI is InChI=1S/C18H13N3O5S/c22-16-9-8-15(17(23)18(16)24)21-19-13-7-6-12(10-14(13)20-21)27(25,26)11-4-2-1-3-5-11/h1-10,22-24H. The van der Waals surface area contributed by atoms with Gasteiger partial charge in [0.1, 0.15) is 16.7 Å². The average Bonchev–Trinajstić information content (AvgIpc) is 3.10. The molecule has 0 spiro atoms. The Kier molecular flexibility index (Phi) is 3.74. The Hall–Kier alpha value is -3.59. The lowest BCUT2D eigenvalue weighted by molar-refractivity contribution is 0.365. The maximum Gasteiger partial charge on any atom is 0.206 e. The zero-order valence-electron chi connectivity index (χ0n) is 13.7. The van der Waals surface area contributed by atoms with Crippen LogP contribution in [-0.2, 0) is 9.84 Å². The third kappa shape index (κ3) is 2.74. The van der Waals surface area contributed by atoms with Gasteiger partial charge >= 0.3 is 0 Å². The third-order valence-electron chi connectivity index (χ3n) is 4.04. The van der Waals surface area contributed by atoms with E-state index in [2.05, 4.69) is 10.2 Å². The molecule has 4 aromatic rings. The number of phenols is 3. The minimum Gasteiger partial charge on any atom is -0.504 e. The SMILES string of the molecule is O=S(=O)(c1ccccc1)c1ccc2nn(-c3ccc(O)c(O)c3O)nc2c1. The highest BCUT2D eigenvalue weighted by Gasteiger charge is 2.20. The summed E-state index contributed by atoms with van der Waals surface area (Å²) in [5, 5.41) is 37.4. The Morgan fingerprint density at radius 3 is 2.19 bits per heavy atom. The molecule has 4 rings (SSSR count). The molecule has 0 aliphatic rings. The zero-order valence-corrected chi connectivity index (χ0v) is 14.5. The molecule has 0 saturated carbocycles. The third-order valence-corrected chi connectivity index (χ3v) is 5.81. The number of aromatic hydroxyl groups is 3. The number of rotatable bonds is 3. The van der Waals surface area contributed by atoms with Crippen molar-refractivity contribution in [2.24, 2.45) is 0 Å². The van der Waals surface area contributed by atoms with E-state index in [1.54, 1.807) is 18.2 Å². The van der Waals surface area contributed by atoms with Gasteiger partial charge in [0.25, 0.3) is 0 Å². The van der Waals surface area contributed by atoms with E-state index >= 15 is 0 Å². The van der Waals surface area contributed by atoms with Crippen molar-refractivity contribution in [2.45, 2.75) is 9.79 Å². The molecule has 1 heterocycles. The molecule has 0 saturated heterocycles. The van der Waals surface area contributed by atoms with Gasteiger partial charge in [0.15, 0.2) is 11.5 Å². The van der Waals surface area contributed by atoms with E-state index < -0.39 is 27.1 Å². The van der Waals surface area contributed by atoms with Gasteiger partial charge in [-0.05, 0) is 42.5 Å². The van der Waals surface area contributed by atoms with E-state index in [9.17, 15) is 23.7 Å². The second-order valence-corrected chi connectivity index (χ2v) is 7.71. The van der Waals surface area contributed by atoms with Crippen molar-refractivity contribution in [1.82, 2.24) is 15.0 Å². The molecule has 8 nitrogen and oxygen atoms in total. The fourth-order valence-electron chi connectivity index (χ4n) is 2.62. The normalized spacial score (nSPS) is 11.7. The first-order chi connectivity index (χ1) is 12.9. The molecule has 0 radical (unpaired) electrons. The summed E-state index contributed by atoms with van der Waals surface area (Å²) in [5.41, 5.74) is 0.724. The summed E-state index contributed by atoms with van der Waals surface area (Å²) in [6, 6.07) is 14.9. The summed E-state index contributed by atoms with van der Waals surface area (Å²) in [7, 11) is -3.71. The maximum absolute atomic E-state index is 12.7. The fourth-order valence-corrected chi connectivity index (χ4v) is 3.93. The van der Waals surface area contributed by atoms with Crippen LogP contribution >= 0.6 is 0 Å². The molecule has 1 aromatic heterocycles. The van der Waals surface area contributed by atoms with Crippen molar-refractivity contribution in [3.8, 4) is 22.9 Å². The molecule has 136 valence electrons. The highest BCUT2D eigenvalue weighted by Crippen LogP contribution is 2.38. The average molecular weight is 383 g/mol. The molecule has 0 bridgehead atoms. The fraction of sp³-hybridized carbons (Fsp3) is 0. The van der Waals surface area contributed by atoms with Crippen LogP contribution in [-0.4, -0.2) is 38.7 Å². The topological polar surface area (TPSA) is 126 Å². The first-order valence-electron chi connectivity index (χ1n) is 7.79. The number of hydrogen-bond donors (Lipinski definition) is 3. The van der Waals surface area contributed by atoms with Gasteiger partial charge in [-0.25, -0.2) is 8.42 Å². The van der Waals surface area contributed by atoms with Gasteiger partial charge < -0.3 is 15.3 Å². The Labute approximate surface area is 153 Å². The molecular weight excluding hydrogens is 370 g/mol. The van der Waals surface area contributed by atoms with Gasteiger partial charge in [0, 0.05) is 0 Å². The summed E-state index contributed by atoms with van der Waals surface area (Å²) >= 11 is 0. The van der Waals surface area contributed by atoms with Gasteiger partial charge in [-0.3, -0.25) is 0 Å². The van der Waals surface area contributed by atoms with E-state index in [1.807, 2.05) is 0 Å². The van der Waals surface area contributed by atoms with Crippen LogP contribution in [0.1, 0.15) is 0 Å². The van der Waals surface area contributed by atoms with E-state index in [0.717, 1.165) is 4.80 Å². The van der Waals surface area contributed by atoms with Crippen LogP contribution in [0.25, 0.3) is 16.7 Å². The van der Waals surface area contributed by atoms with Crippen molar-refractivity contribution >= 4 is 20.9 Å². The van der Waals surface area contributed by atoms with Gasteiger partial charge in [-0.15, -0.1) is 15.0 Å². The van der Waals surface area contributed by atoms with Crippen molar-refractivity contribution in [1.29, 1.82) is 0 Å². The van der Waals surface area contributed by atoms with Crippen LogP contribution < -0.4 is 0 Å². The molecule has 27 heavy (non-hydrogen) atoms. The quantitative estimate of drug-likeness (QED) is 0.464. The number of nitrogens with zero attached hydrogens (tertiary/aromatic N) is 3. The van der Waals surface area contributed by atoms with Crippen molar-refractivity contribution in [2.75, 3.05) is 0 Å². The summed E-state index contributed by atoms with van der Waals surface area (Å²) in [4.78, 5) is 1.28. The van der Waals surface area contributed by atoms with Gasteiger partial charge in [-0.1, -0.05) is 18.2 Å². The smallest absolute Gasteiger partial charge is 0.206 e. The van der Waals surface area contributed by atoms with Crippen molar-refractivity contribution < 1.29 is 23.7 Å². The molecular formula is C18H13N3O5S. The van der Waals surface area contributed by atoms with Crippen LogP contribution in [0.2, 0.25) is 0 Å². The molecule has 0 unspecified atom stereocenters. The van der Waals surface area contributed by atoms with E-state index in [0.29, 0.717) is 11.0 Å². The summed E-state index contributed by atoms with van der Waals surface area (Å²) < 4.78 is 25.5. The number of phenolic OH excluding ortho intramolecular Hbond substituents is 3. The van der Waals surface area contributed by atoms with Gasteiger partial charge in [-0.2, -0.15) is 0 Å². The van der Waals surface area contributed by atoms with Crippen LogP contribution in [0.5, 0.6) is 17.2 Å². The van der Waals surface area contributed by atoms with E-state index in [-0.39, 0.29) is 15.5 Å². The first-order valence-corrected chi connectivity index (χ1v) is 9.28. The summed E-state index contributed by atoms with van der Waals surface area (Å²) in [5.74, 6) is -1.77. The molecule has 9 heteroatoms. The van der Waals surface area contributed by atoms with Gasteiger partial charge in [0.2, 0.25) is 15.6 Å². The molecule has 0 atom stereocenters. The second-order valence-electron chi connectivity index (χ2n) is 5.76. The number of aromatic nitrogens is 3. The molecule has 0 fully saturated rings. The lowest BCUT2D eigenvalue weighted by Crippen LogP contribution is -2.01. The largest absolute Gasteiger partial charge is 0.504 e. The maximum atomic E-state index is 12.7. The predicted molar refractivity (Wildman–Crippen MR) is 95.8 cm³/mol. The number of fused-ring (bicyclic) bond motifs is 1. The predicted octanol–water partition coefficient (Wildman–Crippen LogP) is 2.37. The van der Waals surface area contributed by atoms with Crippen LogP contribution in [0.4, 0.5) is 0 Å². The molecule has 0 aliphatic heterocycles. The molecule has 0 amide bonds. The highest BCUT2D eigenvalue weighted by molar-refractivity contribution is 7.91. The Morgan fingerprint density at radius 1 is 0.741 bits per heavy atom. The summed E-state index contributed by atoms with van der Waals surface area (Å²) in [6.45, 7) is 0. The minimum absolute atomic E-state index is 0.0361. The number of sulfone groups is 1. The van der Waals surface area contributed by atoms with Crippen LogP contribution in [0, 0.1) is 0 Å². The lowest BCUT2D eigenvalue weighted by atomic mass is 10.2. The Bertz CT molecular complexity index is 1270. The molecule has 3 aromatic carbocycles. The minimum atomic E-state index is -3.71. The Balaban J connectivity index is 1.83. The lowest BCUT2D eigenvalue weighted by Gasteiger charge is -2.05. The highest BCUT2D eigenvalue weighted by atomic mass is 32.2. The second kappa shape index (κ2) is 5.99. The van der Waals surface area contributed by atoms with Crippen LogP contribution in [0.3, 0.4) is 0 Å². The van der Waals surface area contributed by atoms with Crippen molar-refractivity contribution in [3.05, 3.63) is 60.7 Å². The van der Waals surface area contributed by atoms with E-state index in [4.69, 9.17) is 0 Å². The molecule has 3 N–H and O–H groups in total. The van der Waals surface area contributed by atoms with Crippen molar-refractivity contribution in [3.63, 3.8) is 0 Å². The van der Waals surface area contributed by atoms with Crippen LogP contribution in [0.15, 0.2) is 70.5 Å². The number of benzene rings is 3. The zero-order chi connectivity index (χ0) is 19.2. The van der Waals surface area contributed by atoms with Gasteiger partial charge in [0.05, 0.1) is 9.79 Å². The monoisotopic (exact) mass is 383 g/mol. The van der Waals surface area contributed by atoms with E-state index in [1.165, 1.54) is 42.5 Å².